The fourth-order valence-corrected chi connectivity index (χ4v) is 6.25. The molecule has 2 aromatic carbocycles. The molecule has 0 fully saturated rings. The molecule has 0 amide bonds. The molecule has 17 nitrogen and oxygen atoms in total. The number of allylic oxidation sites excluding steroid dienone is 2. The molecular formula is C66H98O17. The molecule has 2 aromatic rings. The Hall–Kier alpha value is -7.13. The number of esters is 3. The Labute approximate surface area is 495 Å². The van der Waals surface area contributed by atoms with E-state index in [1.807, 2.05) is 30.3 Å². The average molecular weight is 1160 g/mol. The second-order valence-corrected chi connectivity index (χ2v) is 19.2. The minimum Gasteiger partial charge on any atom is -0.490 e. The van der Waals surface area contributed by atoms with Gasteiger partial charge in [-0.15, -0.1) is 0 Å². The molecule has 0 bridgehead atoms. The van der Waals surface area contributed by atoms with Crippen LogP contribution in [0.15, 0.2) is 115 Å². The number of unbranched alkanes of at least 4 members (excludes halogenated alkanes) is 15. The van der Waals surface area contributed by atoms with Crippen LogP contribution in [0.2, 0.25) is 0 Å². The number of Topliss-reactive ketones (excluding diaryl/α,β-unsaturated/α-hetero) is 2. The van der Waals surface area contributed by atoms with E-state index in [9.17, 15) is 33.6 Å². The Morgan fingerprint density at radius 2 is 0.940 bits per heavy atom. The van der Waals surface area contributed by atoms with Crippen LogP contribution in [-0.4, -0.2) is 112 Å². The minimum atomic E-state index is -1.18. The van der Waals surface area contributed by atoms with Gasteiger partial charge in [-0.25, -0.2) is 29.0 Å². The molecule has 0 heterocycles. The molecule has 0 aliphatic carbocycles. The number of aliphatic carboxylic acids is 1. The van der Waals surface area contributed by atoms with Crippen LogP contribution in [0.5, 0.6) is 5.75 Å². The minimum absolute atomic E-state index is 0.00105. The first-order valence-electron chi connectivity index (χ1n) is 28.5. The molecule has 83 heavy (non-hydrogen) atoms. The second kappa shape index (κ2) is 56.7. The van der Waals surface area contributed by atoms with Gasteiger partial charge in [0.1, 0.15) is 51.5 Å². The van der Waals surface area contributed by atoms with Gasteiger partial charge in [0, 0.05) is 37.5 Å². The van der Waals surface area contributed by atoms with E-state index in [1.54, 1.807) is 47.8 Å². The lowest BCUT2D eigenvalue weighted by molar-refractivity contribution is -0.291. The zero-order valence-electron chi connectivity index (χ0n) is 51.0. The van der Waals surface area contributed by atoms with E-state index in [1.165, 1.54) is 115 Å². The highest BCUT2D eigenvalue weighted by molar-refractivity contribution is 6.02. The first-order valence-corrected chi connectivity index (χ1v) is 28.5. The van der Waals surface area contributed by atoms with Crippen molar-refractivity contribution in [1.82, 2.24) is 0 Å². The number of carboxylic acid groups (broad SMARTS) is 2. The van der Waals surface area contributed by atoms with Crippen molar-refractivity contribution >= 4 is 41.4 Å². The van der Waals surface area contributed by atoms with Crippen LogP contribution in [0.25, 0.3) is 0 Å². The van der Waals surface area contributed by atoms with Gasteiger partial charge in [-0.1, -0.05) is 178 Å². The highest BCUT2D eigenvalue weighted by Gasteiger charge is 2.17. The Morgan fingerprint density at radius 1 is 0.482 bits per heavy atom. The molecule has 0 saturated heterocycles. The van der Waals surface area contributed by atoms with Crippen molar-refractivity contribution in [2.45, 2.75) is 170 Å². The molecule has 0 aliphatic rings. The van der Waals surface area contributed by atoms with Crippen LogP contribution < -0.4 is 4.74 Å². The van der Waals surface area contributed by atoms with E-state index in [0.717, 1.165) is 17.7 Å². The first kappa shape index (κ1) is 80.1. The van der Waals surface area contributed by atoms with Gasteiger partial charge < -0.3 is 38.6 Å². The molecule has 17 heteroatoms. The summed E-state index contributed by atoms with van der Waals surface area (Å²) in [6.45, 7) is 30.5. The quantitative estimate of drug-likeness (QED) is 0.00920. The van der Waals surface area contributed by atoms with Gasteiger partial charge in [-0.3, -0.25) is 14.4 Å². The Balaban J connectivity index is -0.000000993. The predicted octanol–water partition coefficient (Wildman–Crippen LogP) is 14.1. The van der Waals surface area contributed by atoms with Gasteiger partial charge >= 0.3 is 29.8 Å². The summed E-state index contributed by atoms with van der Waals surface area (Å²) in [5, 5.41) is 17.2. The summed E-state index contributed by atoms with van der Waals surface area (Å²) in [5.74, 6) is -0.0944. The predicted molar refractivity (Wildman–Crippen MR) is 325 cm³/mol. The van der Waals surface area contributed by atoms with Crippen molar-refractivity contribution in [3.8, 4) is 17.8 Å². The summed E-state index contributed by atoms with van der Waals surface area (Å²) in [7, 11) is 1.58. The number of hydrogen-bond acceptors (Lipinski definition) is 15. The lowest BCUT2D eigenvalue weighted by atomic mass is 10.0. The maximum atomic E-state index is 11.7. The summed E-state index contributed by atoms with van der Waals surface area (Å²) in [6, 6.07) is 15.2. The molecule has 0 atom stereocenters. The summed E-state index contributed by atoms with van der Waals surface area (Å²) < 4.78 is 29.7. The number of ketones is 2. The Morgan fingerprint density at radius 3 is 1.40 bits per heavy atom. The number of hydrogen-bond donors (Lipinski definition) is 2. The largest absolute Gasteiger partial charge is 0.490 e. The lowest BCUT2D eigenvalue weighted by Crippen LogP contribution is -2.14. The summed E-state index contributed by atoms with van der Waals surface area (Å²) in [5.41, 5.74) is 2.70. The van der Waals surface area contributed by atoms with E-state index < -0.39 is 17.9 Å². The number of carbonyl (C=O) groups excluding carboxylic acids is 5. The molecular weight excluding hydrogens is 1060 g/mol. The fourth-order valence-electron chi connectivity index (χ4n) is 6.25. The number of methoxy groups -OCH3 is 1. The van der Waals surface area contributed by atoms with Crippen LogP contribution >= 0.6 is 0 Å². The fraction of sp³-hybridized carbons (Fsp3) is 0.530. The smallest absolute Gasteiger partial charge is 0.339 e. The molecule has 0 unspecified atom stereocenters. The topological polar surface area (TPSA) is 234 Å². The van der Waals surface area contributed by atoms with Crippen molar-refractivity contribution in [2.75, 3.05) is 60.0 Å². The average Bonchev–Trinajstić information content (AvgIpc) is 3.47. The monoisotopic (exact) mass is 1160 g/mol. The molecule has 0 aliphatic heterocycles. The van der Waals surface area contributed by atoms with Crippen molar-refractivity contribution in [1.29, 1.82) is 0 Å². The van der Waals surface area contributed by atoms with Gasteiger partial charge in [-0.05, 0) is 76.5 Å². The standard InChI is InChI=1S/C22H42O2.C14H16O6.C12H14O3.C11H14O4.C7H12O2/c1-4-5-6-7-8-9-10-11-12-13-14-15-16-17-18-19-20-24-22(23)21(2)3;1-10(2)9-20-19-8-7-18-14(17)12-6-4-3-5-11(12)13(15)16;1-10(2)12(13)15-9-8-14-11-6-4-3-5-7-11;1-9(2)10(12)6-8-15-7-4-3-5-11(13)14;1-6(2)7(8)4-5-9-3/h2,4-20H2,1,3H3;3-6H,1,7-9H2,2H3,(H,15,16);3-7H,1,8-9H2,2H3;1,3,5-6,8H2,2H3,(H,13,14);1,4-5H2,2-3H3. The van der Waals surface area contributed by atoms with Crippen LogP contribution in [-0.2, 0) is 57.4 Å². The van der Waals surface area contributed by atoms with Gasteiger partial charge in [0.15, 0.2) is 11.6 Å². The molecule has 0 spiro atoms. The number of carboxylic acids is 2. The Kier molecular flexibility index (Phi) is 54.7. The van der Waals surface area contributed by atoms with Crippen molar-refractivity contribution in [3.05, 3.63) is 126 Å². The zero-order chi connectivity index (χ0) is 62.9. The highest BCUT2D eigenvalue weighted by Crippen LogP contribution is 2.15. The van der Waals surface area contributed by atoms with Crippen molar-refractivity contribution in [2.24, 2.45) is 0 Å². The van der Waals surface area contributed by atoms with E-state index in [2.05, 4.69) is 51.8 Å². The van der Waals surface area contributed by atoms with Crippen LogP contribution in [0.1, 0.15) is 191 Å². The van der Waals surface area contributed by atoms with E-state index in [4.69, 9.17) is 48.4 Å². The molecule has 2 rings (SSSR count). The number of ether oxygens (including phenoxy) is 6. The number of carbonyl (C=O) groups is 7. The normalized spacial score (nSPS) is 9.77. The number of aromatic carboxylic acids is 1. The second-order valence-electron chi connectivity index (χ2n) is 19.2. The third-order valence-corrected chi connectivity index (χ3v) is 10.9. The lowest BCUT2D eigenvalue weighted by Gasteiger charge is -2.07. The third-order valence-electron chi connectivity index (χ3n) is 10.9. The van der Waals surface area contributed by atoms with E-state index in [0.29, 0.717) is 48.5 Å². The third kappa shape index (κ3) is 55.2. The molecule has 464 valence electrons. The van der Waals surface area contributed by atoms with Gasteiger partial charge in [0.05, 0.1) is 30.8 Å². The highest BCUT2D eigenvalue weighted by atomic mass is 17.2. The maximum Gasteiger partial charge on any atom is 0.339 e. The zero-order valence-corrected chi connectivity index (χ0v) is 51.0. The number of rotatable bonds is 41. The number of para-hydroxylation sites is 1. The van der Waals surface area contributed by atoms with Crippen LogP contribution in [0, 0.1) is 12.0 Å². The Bertz CT molecular complexity index is 2250. The van der Waals surface area contributed by atoms with Crippen LogP contribution in [0.4, 0.5) is 0 Å². The van der Waals surface area contributed by atoms with Crippen molar-refractivity contribution < 1.29 is 82.0 Å². The van der Waals surface area contributed by atoms with E-state index >= 15 is 0 Å². The van der Waals surface area contributed by atoms with Crippen molar-refractivity contribution in [3.63, 3.8) is 0 Å². The SMILES string of the molecule is C=C(C)C(=O)CCOC.C=C(C)C(=O)CCOC#CCCC(=O)O.C=C(C)C(=O)OCCCCCCCCCCCCCCCCCC.C=C(C)C(=O)OCCOc1ccccc1.C=C(C)COOCCOC(=O)c1ccccc1C(=O)O. The van der Waals surface area contributed by atoms with Gasteiger partial charge in [0.2, 0.25) is 0 Å². The number of benzene rings is 2. The molecule has 0 saturated carbocycles. The summed E-state index contributed by atoms with van der Waals surface area (Å²) in [6.07, 6.45) is 25.0. The van der Waals surface area contributed by atoms with E-state index in [-0.39, 0.29) is 86.9 Å². The molecule has 2 N–H and O–H groups in total. The van der Waals surface area contributed by atoms with Gasteiger partial charge in [0.25, 0.3) is 0 Å². The first-order chi connectivity index (χ1) is 39.6. The molecule has 0 aromatic heterocycles. The molecule has 0 radical (unpaired) electrons. The van der Waals surface area contributed by atoms with Gasteiger partial charge in [-0.2, -0.15) is 0 Å². The maximum absolute atomic E-state index is 11.7. The summed E-state index contributed by atoms with van der Waals surface area (Å²) >= 11 is 0. The van der Waals surface area contributed by atoms with Crippen LogP contribution in [0.3, 0.4) is 0 Å². The summed E-state index contributed by atoms with van der Waals surface area (Å²) in [4.78, 5) is 86.2.